The van der Waals surface area contributed by atoms with E-state index in [0.29, 0.717) is 23.1 Å². The monoisotopic (exact) mass is 746 g/mol. The molecular formula is C37H30N8O2S4. The van der Waals surface area contributed by atoms with Gasteiger partial charge in [-0.3, -0.25) is 9.59 Å². The van der Waals surface area contributed by atoms with Crippen LogP contribution in [-0.4, -0.2) is 44.8 Å². The molecule has 0 radical (unpaired) electrons. The van der Waals surface area contributed by atoms with E-state index in [0.717, 1.165) is 44.7 Å². The Bertz CT molecular complexity index is 2220. The van der Waals surface area contributed by atoms with Crippen LogP contribution >= 0.6 is 46.2 Å². The lowest BCUT2D eigenvalue weighted by Gasteiger charge is -2.32. The molecule has 51 heavy (non-hydrogen) atoms. The van der Waals surface area contributed by atoms with E-state index in [1.807, 2.05) is 26.0 Å². The van der Waals surface area contributed by atoms with E-state index in [-0.39, 0.29) is 38.7 Å². The normalized spacial score (nSPS) is 23.7. The summed E-state index contributed by atoms with van der Waals surface area (Å²) < 4.78 is 0. The molecule has 0 saturated carbocycles. The standard InChI is InChI=1S/C37H30N8O2S4/c1-11-44-31(46)29(50-33(44)17(15-38)40-9)42-21-13-19-23(35(21,3)4)25-27(48-19)28-26(37(25,7)8)24-20(49-28)14-22(36(24,5)6)43-30-32(47)45(12-2)34(51-30)18(16-39)41-10/h13-14H,11-12H2,1-8H3/b33-17-,34-18+,42-29?,43-30?. The molecule has 5 aliphatic rings. The number of hydrogen-bond donors (Lipinski definition) is 0. The quantitative estimate of drug-likeness (QED) is 0.228. The number of allylic oxidation sites excluding steroid dienone is 4. The van der Waals surface area contributed by atoms with E-state index in [1.165, 1.54) is 41.8 Å². The average molecular weight is 747 g/mol. The average Bonchev–Trinajstić information content (AvgIpc) is 3.91. The maximum absolute atomic E-state index is 13.4. The summed E-state index contributed by atoms with van der Waals surface area (Å²) in [5.74, 6) is -0.606. The number of amides is 2. The number of thiophene rings is 2. The number of rotatable bonds is 4. The predicted octanol–water partition coefficient (Wildman–Crippen LogP) is 8.59. The second kappa shape index (κ2) is 11.7. The van der Waals surface area contributed by atoms with Crippen molar-refractivity contribution in [3.05, 3.63) is 87.7 Å². The molecule has 0 unspecified atom stereocenters. The van der Waals surface area contributed by atoms with E-state index in [1.54, 1.807) is 22.7 Å². The maximum atomic E-state index is 13.4. The summed E-state index contributed by atoms with van der Waals surface area (Å²) >= 11 is 5.66. The van der Waals surface area contributed by atoms with Gasteiger partial charge < -0.3 is 9.80 Å². The van der Waals surface area contributed by atoms with Gasteiger partial charge in [0.25, 0.3) is 23.2 Å². The zero-order valence-electron chi connectivity index (χ0n) is 29.1. The molecule has 2 fully saturated rings. The topological polar surface area (TPSA) is 122 Å². The third kappa shape index (κ3) is 4.64. The Balaban J connectivity index is 1.27. The summed E-state index contributed by atoms with van der Waals surface area (Å²) in [4.78, 5) is 50.8. The molecule has 0 bridgehead atoms. The molecule has 2 aromatic rings. The lowest BCUT2D eigenvalue weighted by molar-refractivity contribution is -0.121. The van der Waals surface area contributed by atoms with Crippen molar-refractivity contribution in [1.29, 1.82) is 10.5 Å². The fourth-order valence-electron chi connectivity index (χ4n) is 7.51. The second-order valence-electron chi connectivity index (χ2n) is 13.9. The Morgan fingerprint density at radius 1 is 0.706 bits per heavy atom. The van der Waals surface area contributed by atoms with E-state index < -0.39 is 10.8 Å². The number of carbonyl (C=O) groups excluding carboxylic acids is 2. The van der Waals surface area contributed by atoms with Crippen molar-refractivity contribution in [3.8, 4) is 21.9 Å². The first-order chi connectivity index (χ1) is 24.1. The number of nitrogens with zero attached hydrogens (tertiary/aromatic N) is 8. The van der Waals surface area contributed by atoms with Crippen molar-refractivity contribution < 1.29 is 9.59 Å². The summed E-state index contributed by atoms with van der Waals surface area (Å²) in [6, 6.07) is 3.83. The summed E-state index contributed by atoms with van der Waals surface area (Å²) in [5, 5.41) is 20.2. The van der Waals surface area contributed by atoms with Crippen LogP contribution in [0, 0.1) is 35.8 Å². The highest BCUT2D eigenvalue weighted by molar-refractivity contribution is 8.20. The van der Waals surface area contributed by atoms with Gasteiger partial charge in [-0.25, -0.2) is 30.2 Å². The first kappa shape index (κ1) is 34.7. The zero-order chi connectivity index (χ0) is 36.9. The number of thioether (sulfide) groups is 2. The molecule has 4 heterocycles. The van der Waals surface area contributed by atoms with Gasteiger partial charge in [-0.2, -0.15) is 0 Å². The van der Waals surface area contributed by atoms with Gasteiger partial charge in [-0.15, -0.1) is 22.7 Å². The summed E-state index contributed by atoms with van der Waals surface area (Å²) in [7, 11) is 0. The molecular weight excluding hydrogens is 717 g/mol. The van der Waals surface area contributed by atoms with Crippen LogP contribution in [0.1, 0.15) is 87.4 Å². The smallest absolute Gasteiger partial charge is 0.291 e. The van der Waals surface area contributed by atoms with Crippen molar-refractivity contribution in [3.63, 3.8) is 0 Å². The van der Waals surface area contributed by atoms with Gasteiger partial charge in [-0.05, 0) is 48.3 Å². The van der Waals surface area contributed by atoms with Crippen molar-refractivity contribution in [2.24, 2.45) is 9.98 Å². The molecule has 0 aromatic carbocycles. The van der Waals surface area contributed by atoms with Crippen LogP contribution in [0.2, 0.25) is 0 Å². The minimum atomic E-state index is -0.516. The SMILES string of the molecule is [C-]#[N+]/C(C#N)=C1\SC(=NC2=Cc3sc4c(c3C2(C)C)C(C)(C)c2c-4sc3c2C(C)(C)C(N=C2S/C(=C(\C#N)[N+]#[C-])N(CC)C2=O)=C3)C(=O)N1CC. The van der Waals surface area contributed by atoms with Gasteiger partial charge in [0.1, 0.15) is 10.1 Å². The van der Waals surface area contributed by atoms with Crippen LogP contribution < -0.4 is 0 Å². The van der Waals surface area contributed by atoms with Gasteiger partial charge >= 0.3 is 0 Å². The second-order valence-corrected chi connectivity index (χ2v) is 18.0. The number of fused-ring (bicyclic) bond motifs is 7. The third-order valence-electron chi connectivity index (χ3n) is 10.0. The highest BCUT2D eigenvalue weighted by Crippen LogP contribution is 2.66. The van der Waals surface area contributed by atoms with E-state index in [2.05, 4.69) is 63.4 Å². The van der Waals surface area contributed by atoms with E-state index >= 15 is 0 Å². The molecule has 0 N–H and O–H groups in total. The Morgan fingerprint density at radius 3 is 1.39 bits per heavy atom. The summed E-state index contributed by atoms with van der Waals surface area (Å²) in [5.41, 5.74) is 4.83. The predicted molar refractivity (Wildman–Crippen MR) is 205 cm³/mol. The van der Waals surface area contributed by atoms with Crippen molar-refractivity contribution in [2.75, 3.05) is 13.1 Å². The highest BCUT2D eigenvalue weighted by Gasteiger charge is 2.53. The minimum absolute atomic E-state index is 0.115. The van der Waals surface area contributed by atoms with E-state index in [9.17, 15) is 20.1 Å². The number of aliphatic imine (C=N–C) groups is 2. The van der Waals surface area contributed by atoms with Crippen LogP contribution in [0.4, 0.5) is 0 Å². The molecule has 254 valence electrons. The van der Waals surface area contributed by atoms with Gasteiger partial charge in [0.15, 0.2) is 10.1 Å². The molecule has 3 aliphatic carbocycles. The Hall–Kier alpha value is -4.70. The van der Waals surface area contributed by atoms with Crippen LogP contribution in [0.25, 0.3) is 31.6 Å². The van der Waals surface area contributed by atoms with Gasteiger partial charge in [-0.1, -0.05) is 65.1 Å². The van der Waals surface area contributed by atoms with Gasteiger partial charge in [0, 0.05) is 48.8 Å². The first-order valence-electron chi connectivity index (χ1n) is 16.1. The largest absolute Gasteiger partial charge is 0.309 e. The van der Waals surface area contributed by atoms with Gasteiger partial charge in [0.2, 0.25) is 0 Å². The minimum Gasteiger partial charge on any atom is -0.309 e. The Labute approximate surface area is 312 Å². The van der Waals surface area contributed by atoms with E-state index in [4.69, 9.17) is 23.1 Å². The zero-order valence-corrected chi connectivity index (χ0v) is 32.4. The lowest BCUT2D eigenvalue weighted by atomic mass is 9.71. The third-order valence-corrected chi connectivity index (χ3v) is 14.6. The van der Waals surface area contributed by atoms with Crippen molar-refractivity contribution >= 4 is 80.3 Å². The molecule has 0 spiro atoms. The van der Waals surface area contributed by atoms with Gasteiger partial charge in [0.05, 0.1) is 36.7 Å². The first-order valence-corrected chi connectivity index (χ1v) is 19.4. The molecule has 2 amide bonds. The molecule has 2 saturated heterocycles. The number of hydrogen-bond acceptors (Lipinski definition) is 10. The van der Waals surface area contributed by atoms with Crippen LogP contribution in [0.15, 0.2) is 42.8 Å². The number of carbonyl (C=O) groups is 2. The summed E-state index contributed by atoms with van der Waals surface area (Å²) in [6.45, 7) is 32.2. The lowest BCUT2D eigenvalue weighted by Crippen LogP contribution is -2.29. The maximum Gasteiger partial charge on any atom is 0.291 e. The molecule has 10 nitrogen and oxygen atoms in total. The fraction of sp³-hybridized carbons (Fsp3) is 0.351. The highest BCUT2D eigenvalue weighted by atomic mass is 32.2. The fourth-order valence-corrected chi connectivity index (χ4v) is 12.8. The Morgan fingerprint density at radius 2 is 1.08 bits per heavy atom. The van der Waals surface area contributed by atoms with Crippen molar-refractivity contribution in [1.82, 2.24) is 9.80 Å². The summed E-state index contributed by atoms with van der Waals surface area (Å²) in [6.07, 6.45) is 4.16. The molecule has 0 atom stereocenters. The van der Waals surface area contributed by atoms with Crippen LogP contribution in [-0.2, 0) is 25.8 Å². The van der Waals surface area contributed by atoms with Crippen LogP contribution in [0.5, 0.6) is 0 Å². The Kier molecular flexibility index (Phi) is 7.94. The van der Waals surface area contributed by atoms with Crippen LogP contribution in [0.3, 0.4) is 0 Å². The molecule has 14 heteroatoms. The molecule has 2 aromatic heterocycles. The molecule has 2 aliphatic heterocycles. The molecule has 7 rings (SSSR count). The number of nitriles is 2. The van der Waals surface area contributed by atoms with Crippen molar-refractivity contribution in [2.45, 2.75) is 71.6 Å².